The summed E-state index contributed by atoms with van der Waals surface area (Å²) in [6.07, 6.45) is 16.0. The van der Waals surface area contributed by atoms with Crippen LogP contribution in [0.1, 0.15) is 86.8 Å². The summed E-state index contributed by atoms with van der Waals surface area (Å²) in [5.41, 5.74) is 27.7. The molecule has 0 saturated carbocycles. The third kappa shape index (κ3) is 15.3. The molecule has 3 atom stereocenters. The molecule has 12 aromatic heterocycles. The quantitative estimate of drug-likeness (QED) is 0.0413. The number of nitrogens with zero attached hydrogens (tertiary/aromatic N) is 24. The fourth-order valence-electron chi connectivity index (χ4n) is 14.0. The van der Waals surface area contributed by atoms with Gasteiger partial charge in [0.15, 0.2) is 11.6 Å². The molecule has 0 bridgehead atoms. The van der Waals surface area contributed by atoms with Crippen molar-refractivity contribution in [3.8, 4) is 84.8 Å². The number of fused-ring (bicyclic) bond motifs is 3. The van der Waals surface area contributed by atoms with E-state index < -0.39 is 18.1 Å². The molecule has 6 aromatic carbocycles. The molecule has 9 N–H and O–H groups in total. The van der Waals surface area contributed by atoms with E-state index in [1.807, 2.05) is 206 Å². The van der Waals surface area contributed by atoms with E-state index in [0.29, 0.717) is 132 Å². The van der Waals surface area contributed by atoms with Crippen LogP contribution in [0.15, 0.2) is 230 Å². The number of hydrogen-bond donors (Lipinski definition) is 6. The Morgan fingerprint density at radius 1 is 0.403 bits per heavy atom. The number of benzene rings is 6. The molecule has 36 heteroatoms. The van der Waals surface area contributed by atoms with Crippen LogP contribution in [0.4, 0.5) is 34.9 Å². The molecular formula is C83H76N30O6. The van der Waals surface area contributed by atoms with Crippen molar-refractivity contribution in [1.29, 1.82) is 0 Å². The highest BCUT2D eigenvalue weighted by atomic mass is 16.5. The molecule has 0 unspecified atom stereocenters. The first kappa shape index (κ1) is 76.8. The molecule has 0 aliphatic carbocycles. The van der Waals surface area contributed by atoms with Crippen LogP contribution in [-0.4, -0.2) is 118 Å². The summed E-state index contributed by atoms with van der Waals surface area (Å²) in [5, 5.41) is 40.3. The first-order chi connectivity index (χ1) is 57.8. The Kier molecular flexibility index (Phi) is 21.1. The second-order valence-electron chi connectivity index (χ2n) is 27.6. The number of rotatable bonds is 20. The monoisotopic (exact) mass is 1590 g/mol. The van der Waals surface area contributed by atoms with Crippen LogP contribution in [0.25, 0.3) is 118 Å². The van der Waals surface area contributed by atoms with Gasteiger partial charge in [0, 0.05) is 63.3 Å². The van der Waals surface area contributed by atoms with Gasteiger partial charge in [-0.2, -0.15) is 25.3 Å². The molecule has 0 spiro atoms. The predicted molar refractivity (Wildman–Crippen MR) is 447 cm³/mol. The first-order valence-electron chi connectivity index (χ1n) is 37.6. The predicted octanol–water partition coefficient (Wildman–Crippen LogP) is 11.8. The van der Waals surface area contributed by atoms with Crippen LogP contribution in [0.2, 0.25) is 0 Å². The summed E-state index contributed by atoms with van der Waals surface area (Å²) >= 11 is 0. The Labute approximate surface area is 675 Å². The molecule has 18 rings (SSSR count). The molecule has 594 valence electrons. The molecule has 0 amide bonds. The SMILES string of the molecule is CC[C@H](Nc1ncnc(N)c1-c1nc(C)no1)c1nc2cccc(-c3cnn(C)c3)c2c(=O)n1-c1ccccc1.CC[C@H](Nc1ncnc(N)c1-c1nnc(C)o1)c1nc2cccc(-c3cnn(C)c3)c2c(=O)n1-c1ccccc1.Cc1noc(-c2c(N)ncnc2N[C@@H](C)c2nc3cccc(-c4cnn(C)c4)c3c(=O)n2-c2ccccc2)n1. The molecule has 0 fully saturated rings. The largest absolute Gasteiger partial charge is 0.421 e. The normalized spacial score (nSPS) is 12.1. The van der Waals surface area contributed by atoms with Crippen LogP contribution < -0.4 is 49.8 Å². The van der Waals surface area contributed by atoms with Crippen molar-refractivity contribution < 1.29 is 13.5 Å². The topological polar surface area (TPSA) is 466 Å². The number of hydrogen-bond acceptors (Lipinski definition) is 30. The van der Waals surface area contributed by atoms with Crippen molar-refractivity contribution >= 4 is 67.6 Å². The molecule has 18 aromatic rings. The number of nitrogen functional groups attached to an aromatic ring is 3. The van der Waals surface area contributed by atoms with Gasteiger partial charge in [0.1, 0.15) is 88.1 Å². The lowest BCUT2D eigenvalue weighted by Gasteiger charge is -2.23. The number of nitrogens with one attached hydrogen (secondary N) is 3. The Morgan fingerprint density at radius 3 is 1.07 bits per heavy atom. The summed E-state index contributed by atoms with van der Waals surface area (Å²) in [7, 11) is 5.52. The number of nitrogens with two attached hydrogens (primary N) is 3. The Bertz CT molecular complexity index is 6690. The second kappa shape index (κ2) is 32.7. The van der Waals surface area contributed by atoms with E-state index in [-0.39, 0.29) is 51.8 Å². The number of anilines is 6. The third-order valence-corrected chi connectivity index (χ3v) is 19.5. The van der Waals surface area contributed by atoms with Gasteiger partial charge in [-0.1, -0.05) is 115 Å². The van der Waals surface area contributed by atoms with Gasteiger partial charge >= 0.3 is 0 Å². The lowest BCUT2D eigenvalue weighted by molar-refractivity contribution is 0.425. The smallest absolute Gasteiger partial charge is 0.266 e. The maximum Gasteiger partial charge on any atom is 0.266 e. The number of aryl methyl sites for hydroxylation is 6. The van der Waals surface area contributed by atoms with Crippen LogP contribution in [0.5, 0.6) is 0 Å². The molecule has 0 aliphatic heterocycles. The van der Waals surface area contributed by atoms with Gasteiger partial charge in [-0.05, 0) is 105 Å². The lowest BCUT2D eigenvalue weighted by atomic mass is 10.0. The van der Waals surface area contributed by atoms with E-state index in [0.717, 1.165) is 33.4 Å². The van der Waals surface area contributed by atoms with E-state index in [4.69, 9.17) is 45.6 Å². The average molecular weight is 1590 g/mol. The lowest BCUT2D eigenvalue weighted by Crippen LogP contribution is -2.28. The maximum atomic E-state index is 14.4. The summed E-state index contributed by atoms with van der Waals surface area (Å²) < 4.78 is 26.4. The maximum absolute atomic E-state index is 14.4. The van der Waals surface area contributed by atoms with Crippen LogP contribution >= 0.6 is 0 Å². The van der Waals surface area contributed by atoms with Gasteiger partial charge in [0.05, 0.1) is 86.5 Å². The minimum Gasteiger partial charge on any atom is -0.421 e. The zero-order chi connectivity index (χ0) is 82.7. The highest BCUT2D eigenvalue weighted by Gasteiger charge is 2.30. The van der Waals surface area contributed by atoms with E-state index in [2.05, 4.69) is 91.6 Å². The summed E-state index contributed by atoms with van der Waals surface area (Å²) in [6, 6.07) is 43.8. The molecule has 119 heavy (non-hydrogen) atoms. The van der Waals surface area contributed by atoms with E-state index >= 15 is 0 Å². The standard InChI is InChI=1S/2C28H26N10O2.C27H24N10O2/c1-4-20(33-25-23(24(29)30-15-31-25)27-36-35-16(2)40-27)26-34-21-12-8-11-19(17-13-32-37(3)14-17)22(21)28(39)38(26)18-9-6-5-7-10-18;1-4-20(34-25-23(24(29)30-15-31-25)27-33-16(2)36-40-27)26-35-21-12-8-11-19(17-13-32-37(3)14-17)22(21)28(39)38(26)18-9-6-5-7-10-18;1-15(32-24-22(23(28)29-14-30-24)26-33-16(2)35-39-26)25-34-20-11-7-10-19(17-12-31-36(3)13-17)21(20)27(38)37(25)18-8-5-4-6-9-18/h5-15,20H,4H2,1-3H3,(H3,29,30,31,33);5-15,20H,4H2,1-3H3,(H3,29,30,31,34);4-15H,1-3H3,(H3,28,29,30,32)/t2*20-;15-/m000/s1. The molecule has 0 aliphatic rings. The highest BCUT2D eigenvalue weighted by molar-refractivity contribution is 5.96. The molecule has 12 heterocycles. The van der Waals surface area contributed by atoms with Crippen LogP contribution in [0.3, 0.4) is 0 Å². The van der Waals surface area contributed by atoms with Crippen molar-refractivity contribution in [3.05, 3.63) is 268 Å². The zero-order valence-corrected chi connectivity index (χ0v) is 65.6. The molecule has 36 nitrogen and oxygen atoms in total. The highest BCUT2D eigenvalue weighted by Crippen LogP contribution is 2.39. The van der Waals surface area contributed by atoms with Crippen molar-refractivity contribution in [3.63, 3.8) is 0 Å². The Hall–Kier alpha value is -16.2. The van der Waals surface area contributed by atoms with Gasteiger partial charge in [-0.25, -0.2) is 44.9 Å². The molecular weight excluding hydrogens is 1510 g/mol. The van der Waals surface area contributed by atoms with Crippen molar-refractivity contribution in [2.75, 3.05) is 33.2 Å². The van der Waals surface area contributed by atoms with Gasteiger partial charge in [0.2, 0.25) is 5.89 Å². The first-order valence-corrected chi connectivity index (χ1v) is 37.6. The van der Waals surface area contributed by atoms with Gasteiger partial charge in [-0.15, -0.1) is 10.2 Å². The van der Waals surface area contributed by atoms with Crippen molar-refractivity contribution in [2.24, 2.45) is 21.1 Å². The van der Waals surface area contributed by atoms with Crippen molar-refractivity contribution in [1.82, 2.24) is 118 Å². The van der Waals surface area contributed by atoms with E-state index in [1.54, 1.807) is 67.1 Å². The minimum absolute atomic E-state index is 0.177. The summed E-state index contributed by atoms with van der Waals surface area (Å²) in [6.45, 7) is 11.0. The van der Waals surface area contributed by atoms with Gasteiger partial charge < -0.3 is 46.6 Å². The fraction of sp³-hybridized carbons (Fsp3) is 0.169. The van der Waals surface area contributed by atoms with Crippen molar-refractivity contribution in [2.45, 2.75) is 72.5 Å². The number of aromatic nitrogens is 24. The Balaban J connectivity index is 0.000000133. The van der Waals surface area contributed by atoms with Crippen LogP contribution in [-0.2, 0) is 21.1 Å². The van der Waals surface area contributed by atoms with Crippen LogP contribution in [0, 0.1) is 20.8 Å². The third-order valence-electron chi connectivity index (χ3n) is 19.5. The zero-order valence-electron chi connectivity index (χ0n) is 65.6. The summed E-state index contributed by atoms with van der Waals surface area (Å²) in [4.78, 5) is 92.2. The van der Waals surface area contributed by atoms with Gasteiger partial charge in [0.25, 0.3) is 34.3 Å². The fourth-order valence-corrected chi connectivity index (χ4v) is 14.0. The Morgan fingerprint density at radius 2 is 0.748 bits per heavy atom. The summed E-state index contributed by atoms with van der Waals surface area (Å²) in [5.74, 6) is 5.07. The van der Waals surface area contributed by atoms with Gasteiger partial charge in [-0.3, -0.25) is 42.1 Å². The molecule has 0 radical (unpaired) electrons. The van der Waals surface area contributed by atoms with E-state index in [9.17, 15) is 14.4 Å². The second-order valence-corrected chi connectivity index (χ2v) is 27.6. The average Bonchev–Trinajstić information content (AvgIpc) is 1.09. The minimum atomic E-state index is -0.499. The van der Waals surface area contributed by atoms with E-state index in [1.165, 1.54) is 19.0 Å². The number of para-hydroxylation sites is 3. The molecule has 0 saturated heterocycles.